The molecule has 6 heteroatoms. The Morgan fingerprint density at radius 2 is 2.00 bits per heavy atom. The molecular formula is C25H23BrN4O. The van der Waals surface area contributed by atoms with E-state index in [1.807, 2.05) is 41.9 Å². The van der Waals surface area contributed by atoms with Crippen LogP contribution >= 0.6 is 15.9 Å². The van der Waals surface area contributed by atoms with Gasteiger partial charge in [0.1, 0.15) is 5.76 Å². The molecule has 0 radical (unpaired) electrons. The number of halogens is 1. The van der Waals surface area contributed by atoms with Gasteiger partial charge in [-0.2, -0.15) is 10.4 Å². The minimum Gasteiger partial charge on any atom is -0.511 e. The third kappa shape index (κ3) is 3.02. The number of fused-ring (bicyclic) bond motifs is 3. The lowest BCUT2D eigenvalue weighted by Gasteiger charge is -2.47. The number of nitrogens with zero attached hydrogens (tertiary/aromatic N) is 4. The summed E-state index contributed by atoms with van der Waals surface area (Å²) in [5.41, 5.74) is 4.56. The second kappa shape index (κ2) is 7.35. The minimum absolute atomic E-state index is 0.0667. The predicted octanol–water partition coefficient (Wildman–Crippen LogP) is 5.89. The van der Waals surface area contributed by atoms with E-state index in [9.17, 15) is 10.4 Å². The number of nitriles is 1. The van der Waals surface area contributed by atoms with Crippen LogP contribution in [0.25, 0.3) is 17.1 Å². The second-order valence-corrected chi connectivity index (χ2v) is 9.71. The van der Waals surface area contributed by atoms with Gasteiger partial charge < -0.3 is 5.11 Å². The summed E-state index contributed by atoms with van der Waals surface area (Å²) >= 11 is 3.47. The highest BCUT2D eigenvalue weighted by Crippen LogP contribution is 2.54. The number of benzene rings is 1. The van der Waals surface area contributed by atoms with Crippen molar-refractivity contribution in [3.8, 4) is 23.1 Å². The van der Waals surface area contributed by atoms with Crippen molar-refractivity contribution in [2.45, 2.75) is 38.5 Å². The maximum atomic E-state index is 10.7. The molecule has 0 saturated heterocycles. The summed E-state index contributed by atoms with van der Waals surface area (Å²) in [7, 11) is 0. The van der Waals surface area contributed by atoms with E-state index in [1.165, 1.54) is 5.56 Å². The van der Waals surface area contributed by atoms with Crippen molar-refractivity contribution in [3.05, 3.63) is 75.7 Å². The molecule has 31 heavy (non-hydrogen) atoms. The van der Waals surface area contributed by atoms with Crippen LogP contribution in [0.4, 0.5) is 0 Å². The summed E-state index contributed by atoms with van der Waals surface area (Å²) in [5.74, 6) is 1.17. The Balaban J connectivity index is 1.78. The van der Waals surface area contributed by atoms with Crippen molar-refractivity contribution in [3.63, 3.8) is 0 Å². The van der Waals surface area contributed by atoms with E-state index >= 15 is 0 Å². The van der Waals surface area contributed by atoms with Crippen molar-refractivity contribution in [2.75, 3.05) is 0 Å². The van der Waals surface area contributed by atoms with Crippen LogP contribution in [0.5, 0.6) is 0 Å². The Bertz CT molecular complexity index is 1220. The van der Waals surface area contributed by atoms with Crippen LogP contribution in [0.15, 0.2) is 64.5 Å². The number of hydrogen-bond acceptors (Lipinski definition) is 4. The normalized spacial score (nSPS) is 25.0. The number of hydrogen-bond donors (Lipinski definition) is 1. The second-order valence-electron chi connectivity index (χ2n) is 8.79. The third-order valence-corrected chi connectivity index (χ3v) is 7.52. The van der Waals surface area contributed by atoms with E-state index in [0.717, 1.165) is 40.1 Å². The van der Waals surface area contributed by atoms with Gasteiger partial charge in [0.25, 0.3) is 0 Å². The highest BCUT2D eigenvalue weighted by Gasteiger charge is 2.51. The van der Waals surface area contributed by atoms with Gasteiger partial charge in [-0.15, -0.1) is 0 Å². The molecule has 2 heterocycles. The molecule has 2 aliphatic carbocycles. The zero-order valence-electron chi connectivity index (χ0n) is 17.5. The van der Waals surface area contributed by atoms with Crippen molar-refractivity contribution < 1.29 is 5.11 Å². The molecule has 1 N–H and O–H groups in total. The van der Waals surface area contributed by atoms with Gasteiger partial charge in [0.05, 0.1) is 23.0 Å². The van der Waals surface area contributed by atoms with Gasteiger partial charge in [-0.3, -0.25) is 0 Å². The average molecular weight is 475 g/mol. The van der Waals surface area contributed by atoms with E-state index in [-0.39, 0.29) is 23.0 Å². The SMILES string of the molecule is C[C@H]1C(O)=C(C#N)C[C@@]2(C)c3c(c(-c4ccccc4)nn3-c3ccc(Br)cn3)CC[C@H]12. The molecule has 0 aliphatic heterocycles. The zero-order chi connectivity index (χ0) is 21.8. The highest BCUT2D eigenvalue weighted by atomic mass is 79.9. The van der Waals surface area contributed by atoms with Gasteiger partial charge in [-0.25, -0.2) is 9.67 Å². The van der Waals surface area contributed by atoms with Crippen molar-refractivity contribution in [1.29, 1.82) is 5.26 Å². The number of aromatic nitrogens is 3. The zero-order valence-corrected chi connectivity index (χ0v) is 19.1. The number of aliphatic hydroxyl groups excluding tert-OH is 1. The first-order chi connectivity index (χ1) is 14.9. The van der Waals surface area contributed by atoms with Crippen LogP contribution in [0.2, 0.25) is 0 Å². The average Bonchev–Trinajstić information content (AvgIpc) is 3.18. The van der Waals surface area contributed by atoms with Crippen LogP contribution in [0.3, 0.4) is 0 Å². The number of aliphatic hydroxyl groups is 1. The summed E-state index contributed by atoms with van der Waals surface area (Å²) in [5, 5.41) is 25.5. The summed E-state index contributed by atoms with van der Waals surface area (Å²) in [6.07, 6.45) is 4.13. The lowest BCUT2D eigenvalue weighted by molar-refractivity contribution is 0.134. The maximum Gasteiger partial charge on any atom is 0.153 e. The summed E-state index contributed by atoms with van der Waals surface area (Å²) in [4.78, 5) is 4.63. The molecule has 0 amide bonds. The van der Waals surface area contributed by atoms with Crippen LogP contribution in [-0.2, 0) is 11.8 Å². The number of pyridine rings is 1. The smallest absolute Gasteiger partial charge is 0.153 e. The molecule has 2 aromatic heterocycles. The van der Waals surface area contributed by atoms with Gasteiger partial charge in [0.15, 0.2) is 5.82 Å². The standard InChI is InChI=1S/C25H23BrN4O/c1-15-20-10-9-19-22(16-6-4-3-5-7-16)29-30(21-11-8-18(26)14-28-21)24(19)25(20,2)12-17(13-27)23(15)31/h3-8,11,14-15,20,31H,9-10,12H2,1-2H3/t15-,20-,25-/m1/s1. The fourth-order valence-electron chi connectivity index (χ4n) is 5.59. The van der Waals surface area contributed by atoms with Gasteiger partial charge in [-0.05, 0) is 53.2 Å². The van der Waals surface area contributed by atoms with Gasteiger partial charge in [0.2, 0.25) is 0 Å². The lowest BCUT2D eigenvalue weighted by Crippen LogP contribution is -2.45. The Labute approximate surface area is 190 Å². The van der Waals surface area contributed by atoms with Crippen LogP contribution in [0, 0.1) is 23.2 Å². The molecule has 0 bridgehead atoms. The lowest BCUT2D eigenvalue weighted by atomic mass is 9.56. The van der Waals surface area contributed by atoms with Crippen molar-refractivity contribution in [1.82, 2.24) is 14.8 Å². The van der Waals surface area contributed by atoms with E-state index in [1.54, 1.807) is 6.20 Å². The highest BCUT2D eigenvalue weighted by molar-refractivity contribution is 9.10. The predicted molar refractivity (Wildman–Crippen MR) is 123 cm³/mol. The number of allylic oxidation sites excluding steroid dienone is 2. The molecule has 0 fully saturated rings. The van der Waals surface area contributed by atoms with E-state index in [0.29, 0.717) is 12.0 Å². The van der Waals surface area contributed by atoms with Crippen molar-refractivity contribution >= 4 is 15.9 Å². The molecular weight excluding hydrogens is 452 g/mol. The van der Waals surface area contributed by atoms with Gasteiger partial charge >= 0.3 is 0 Å². The Hall–Kier alpha value is -2.91. The molecule has 0 saturated carbocycles. The minimum atomic E-state index is -0.320. The Kier molecular flexibility index (Phi) is 4.75. The maximum absolute atomic E-state index is 10.7. The Morgan fingerprint density at radius 1 is 1.23 bits per heavy atom. The van der Waals surface area contributed by atoms with Gasteiger partial charge in [-0.1, -0.05) is 44.2 Å². The first-order valence-corrected chi connectivity index (χ1v) is 11.3. The summed E-state index contributed by atoms with van der Waals surface area (Å²) in [6.45, 7) is 4.26. The molecule has 2 aliphatic rings. The molecule has 3 atom stereocenters. The van der Waals surface area contributed by atoms with Gasteiger partial charge in [0, 0.05) is 33.1 Å². The monoisotopic (exact) mass is 474 g/mol. The molecule has 0 spiro atoms. The van der Waals surface area contributed by atoms with Crippen molar-refractivity contribution in [2.24, 2.45) is 11.8 Å². The van der Waals surface area contributed by atoms with E-state index < -0.39 is 0 Å². The van der Waals surface area contributed by atoms with Crippen LogP contribution in [-0.4, -0.2) is 19.9 Å². The van der Waals surface area contributed by atoms with Crippen LogP contribution in [0.1, 0.15) is 37.9 Å². The van der Waals surface area contributed by atoms with E-state index in [4.69, 9.17) is 5.10 Å². The quantitative estimate of drug-likeness (QED) is 0.502. The molecule has 0 unspecified atom stereocenters. The first-order valence-electron chi connectivity index (χ1n) is 10.6. The summed E-state index contributed by atoms with van der Waals surface area (Å²) in [6, 6.07) is 16.4. The van der Waals surface area contributed by atoms with E-state index in [2.05, 4.69) is 46.0 Å². The summed E-state index contributed by atoms with van der Waals surface area (Å²) < 4.78 is 2.89. The fraction of sp³-hybridized carbons (Fsp3) is 0.320. The molecule has 3 aromatic rings. The van der Waals surface area contributed by atoms with Crippen LogP contribution < -0.4 is 0 Å². The first kappa shape index (κ1) is 20.0. The molecule has 5 nitrogen and oxygen atoms in total. The largest absolute Gasteiger partial charge is 0.511 e. The third-order valence-electron chi connectivity index (χ3n) is 7.05. The fourth-order valence-corrected chi connectivity index (χ4v) is 5.83. The number of rotatable bonds is 2. The Morgan fingerprint density at radius 3 is 2.68 bits per heavy atom. The topological polar surface area (TPSA) is 74.7 Å². The molecule has 1 aromatic carbocycles. The molecule has 5 rings (SSSR count). The molecule has 156 valence electrons.